The zero-order valence-electron chi connectivity index (χ0n) is 11.8. The molecule has 0 spiro atoms. The third kappa shape index (κ3) is 5.12. The minimum absolute atomic E-state index is 0.0950. The Kier molecular flexibility index (Phi) is 5.29. The normalized spacial score (nSPS) is 11.4. The summed E-state index contributed by atoms with van der Waals surface area (Å²) in [4.78, 5) is 11.7. The van der Waals surface area contributed by atoms with E-state index in [-0.39, 0.29) is 5.57 Å². The lowest BCUT2D eigenvalue weighted by Gasteiger charge is -2.19. The fraction of sp³-hybridized carbons (Fsp3) is 0.200. The molecule has 5 heteroatoms. The minimum atomic E-state index is -1.65. The summed E-state index contributed by atoms with van der Waals surface area (Å²) in [5, 5.41) is 8.79. The Morgan fingerprint density at radius 1 is 1.25 bits per heavy atom. The molecular formula is C15H17NO3Si. The quantitative estimate of drug-likeness (QED) is 0.208. The van der Waals surface area contributed by atoms with Gasteiger partial charge in [0.2, 0.25) is 8.32 Å². The number of hydrogen-bond donors (Lipinski definition) is 0. The number of allylic oxidation sites excluding steroid dienone is 2. The zero-order chi connectivity index (χ0) is 15.2. The smallest absolute Gasteiger partial charge is 0.354 e. The molecule has 0 N–H and O–H groups in total. The van der Waals surface area contributed by atoms with Gasteiger partial charge in [0.1, 0.15) is 23.1 Å². The third-order valence-corrected chi connectivity index (χ3v) is 2.93. The molecule has 0 unspecified atom stereocenters. The Labute approximate surface area is 120 Å². The van der Waals surface area contributed by atoms with Crippen LogP contribution >= 0.6 is 0 Å². The molecule has 20 heavy (non-hydrogen) atoms. The predicted octanol–water partition coefficient (Wildman–Crippen LogP) is 3.44. The molecule has 0 heterocycles. The van der Waals surface area contributed by atoms with Gasteiger partial charge in [-0.1, -0.05) is 12.7 Å². The Balaban J connectivity index is 2.76. The van der Waals surface area contributed by atoms with Crippen molar-refractivity contribution in [2.24, 2.45) is 0 Å². The fourth-order valence-electron chi connectivity index (χ4n) is 1.36. The molecule has 0 aliphatic rings. The van der Waals surface area contributed by atoms with Crippen LogP contribution in [0.25, 0.3) is 0 Å². The summed E-state index contributed by atoms with van der Waals surface area (Å²) >= 11 is 0. The fourth-order valence-corrected chi connectivity index (χ4v) is 2.20. The Morgan fingerprint density at radius 3 is 2.25 bits per heavy atom. The van der Waals surface area contributed by atoms with Gasteiger partial charge in [-0.2, -0.15) is 5.26 Å². The molecule has 0 radical (unpaired) electrons. The lowest BCUT2D eigenvalue weighted by atomic mass is 10.2. The van der Waals surface area contributed by atoms with E-state index in [2.05, 4.69) is 26.2 Å². The van der Waals surface area contributed by atoms with Gasteiger partial charge in [0, 0.05) is 0 Å². The van der Waals surface area contributed by atoms with Crippen LogP contribution in [0.15, 0.2) is 48.6 Å². The average molecular weight is 287 g/mol. The summed E-state index contributed by atoms with van der Waals surface area (Å²) in [5.41, 5.74) is -0.0950. The van der Waals surface area contributed by atoms with Gasteiger partial charge in [-0.15, -0.1) is 0 Å². The molecule has 0 aromatic heterocycles. The zero-order valence-corrected chi connectivity index (χ0v) is 12.8. The molecule has 4 nitrogen and oxygen atoms in total. The van der Waals surface area contributed by atoms with Gasteiger partial charge in [0.25, 0.3) is 0 Å². The molecule has 0 bridgehead atoms. The molecular weight excluding hydrogens is 270 g/mol. The monoisotopic (exact) mass is 287 g/mol. The molecule has 0 amide bonds. The van der Waals surface area contributed by atoms with Gasteiger partial charge < -0.3 is 9.16 Å². The van der Waals surface area contributed by atoms with Crippen LogP contribution in [0.5, 0.6) is 11.5 Å². The van der Waals surface area contributed by atoms with E-state index in [1.165, 1.54) is 12.2 Å². The largest absolute Gasteiger partial charge is 0.544 e. The van der Waals surface area contributed by atoms with E-state index in [1.54, 1.807) is 30.3 Å². The number of nitrogens with zero attached hydrogens (tertiary/aromatic N) is 1. The van der Waals surface area contributed by atoms with E-state index in [1.807, 2.05) is 0 Å². The maximum absolute atomic E-state index is 11.7. The van der Waals surface area contributed by atoms with Crippen molar-refractivity contribution in [1.82, 2.24) is 0 Å². The van der Waals surface area contributed by atoms with Crippen molar-refractivity contribution in [2.75, 3.05) is 0 Å². The van der Waals surface area contributed by atoms with E-state index >= 15 is 0 Å². The Hall–Kier alpha value is -2.32. The van der Waals surface area contributed by atoms with E-state index < -0.39 is 14.3 Å². The van der Waals surface area contributed by atoms with Crippen LogP contribution in [-0.4, -0.2) is 14.3 Å². The van der Waals surface area contributed by atoms with Gasteiger partial charge in [0.15, 0.2) is 0 Å². The molecule has 0 aliphatic carbocycles. The second kappa shape index (κ2) is 6.73. The molecule has 0 atom stereocenters. The van der Waals surface area contributed by atoms with Crippen molar-refractivity contribution >= 4 is 14.3 Å². The molecule has 1 aromatic rings. The highest BCUT2D eigenvalue weighted by atomic mass is 28.4. The summed E-state index contributed by atoms with van der Waals surface area (Å²) in [6, 6.07) is 8.51. The summed E-state index contributed by atoms with van der Waals surface area (Å²) < 4.78 is 10.9. The first-order valence-electron chi connectivity index (χ1n) is 6.10. The van der Waals surface area contributed by atoms with Crippen molar-refractivity contribution < 1.29 is 14.0 Å². The van der Waals surface area contributed by atoms with Crippen LogP contribution < -0.4 is 9.16 Å². The standard InChI is InChI=1S/C15H17NO3Si/c1-5-6-12(11-16)15(17)18-13-7-9-14(10-8-13)19-20(2,3)4/h5-10H,1H2,2-4H3. The van der Waals surface area contributed by atoms with Gasteiger partial charge in [-0.25, -0.2) is 4.79 Å². The third-order valence-electron chi connectivity index (χ3n) is 2.08. The SMILES string of the molecule is C=CC=C(C#N)C(=O)Oc1ccc(O[Si](C)(C)C)cc1. The van der Waals surface area contributed by atoms with Crippen molar-refractivity contribution in [1.29, 1.82) is 5.26 Å². The number of rotatable bonds is 5. The topological polar surface area (TPSA) is 59.3 Å². The van der Waals surface area contributed by atoms with E-state index in [0.717, 1.165) is 5.75 Å². The summed E-state index contributed by atoms with van der Waals surface area (Å²) in [6.07, 6.45) is 2.68. The first kappa shape index (κ1) is 15.7. The van der Waals surface area contributed by atoms with Crippen LogP contribution in [0.1, 0.15) is 0 Å². The molecule has 0 fully saturated rings. The highest BCUT2D eigenvalue weighted by molar-refractivity contribution is 6.70. The summed E-state index contributed by atoms with van der Waals surface area (Å²) in [6.45, 7) is 9.69. The van der Waals surface area contributed by atoms with Gasteiger partial charge in [-0.05, 0) is 50.0 Å². The van der Waals surface area contributed by atoms with Crippen molar-refractivity contribution in [3.8, 4) is 17.6 Å². The van der Waals surface area contributed by atoms with Crippen LogP contribution in [0.3, 0.4) is 0 Å². The number of ether oxygens (including phenoxy) is 1. The van der Waals surface area contributed by atoms with Crippen LogP contribution in [0.4, 0.5) is 0 Å². The lowest BCUT2D eigenvalue weighted by Crippen LogP contribution is -2.29. The van der Waals surface area contributed by atoms with Crippen molar-refractivity contribution in [2.45, 2.75) is 19.6 Å². The predicted molar refractivity (Wildman–Crippen MR) is 79.9 cm³/mol. The lowest BCUT2D eigenvalue weighted by molar-refractivity contribution is -0.129. The number of benzene rings is 1. The first-order chi connectivity index (χ1) is 9.35. The van der Waals surface area contributed by atoms with Crippen molar-refractivity contribution in [3.05, 3.63) is 48.6 Å². The van der Waals surface area contributed by atoms with E-state index in [4.69, 9.17) is 14.4 Å². The second-order valence-corrected chi connectivity index (χ2v) is 9.43. The maximum atomic E-state index is 11.7. The molecule has 0 aliphatic heterocycles. The Morgan fingerprint density at radius 2 is 1.80 bits per heavy atom. The Bertz CT molecular complexity index is 562. The summed E-state index contributed by atoms with van der Waals surface area (Å²) in [5.74, 6) is 0.403. The number of carbonyl (C=O) groups is 1. The molecule has 0 saturated heterocycles. The molecule has 1 rings (SSSR count). The van der Waals surface area contributed by atoms with Crippen LogP contribution in [-0.2, 0) is 4.79 Å². The van der Waals surface area contributed by atoms with Gasteiger partial charge in [-0.3, -0.25) is 0 Å². The number of carbonyl (C=O) groups excluding carboxylic acids is 1. The highest BCUT2D eigenvalue weighted by Gasteiger charge is 2.16. The van der Waals surface area contributed by atoms with E-state index in [9.17, 15) is 4.79 Å². The number of hydrogen-bond acceptors (Lipinski definition) is 4. The number of esters is 1. The highest BCUT2D eigenvalue weighted by Crippen LogP contribution is 2.21. The first-order valence-corrected chi connectivity index (χ1v) is 9.50. The molecule has 0 saturated carbocycles. The van der Waals surface area contributed by atoms with Crippen LogP contribution in [0, 0.1) is 11.3 Å². The second-order valence-electron chi connectivity index (χ2n) is 5.00. The van der Waals surface area contributed by atoms with Gasteiger partial charge in [0.05, 0.1) is 0 Å². The molecule has 1 aromatic carbocycles. The van der Waals surface area contributed by atoms with Crippen molar-refractivity contribution in [3.63, 3.8) is 0 Å². The van der Waals surface area contributed by atoms with Crippen LogP contribution in [0.2, 0.25) is 19.6 Å². The van der Waals surface area contributed by atoms with E-state index in [0.29, 0.717) is 5.75 Å². The molecule has 104 valence electrons. The average Bonchev–Trinajstić information content (AvgIpc) is 2.36. The maximum Gasteiger partial charge on any atom is 0.354 e. The number of nitriles is 1. The minimum Gasteiger partial charge on any atom is -0.544 e. The van der Waals surface area contributed by atoms with Gasteiger partial charge >= 0.3 is 5.97 Å². The summed E-state index contributed by atoms with van der Waals surface area (Å²) in [7, 11) is -1.65.